The van der Waals surface area contributed by atoms with Crippen molar-refractivity contribution in [2.24, 2.45) is 46.3 Å². The second-order valence-electron chi connectivity index (χ2n) is 14.1. The fraction of sp³-hybridized carbons (Fsp3) is 1.00. The highest BCUT2D eigenvalue weighted by molar-refractivity contribution is 5.15. The SMILES string of the molecule is C[C@]12CCCCC1NCC1C2CC[C@]2(C)C(NC34CC5CC(CC(C5)C3)C4)CCC12. The molecule has 7 atom stereocenters. The van der Waals surface area contributed by atoms with E-state index in [9.17, 15) is 0 Å². The normalized spacial score (nSPS) is 61.4. The molecule has 1 heterocycles. The van der Waals surface area contributed by atoms with E-state index >= 15 is 0 Å². The average molecular weight is 411 g/mol. The molecule has 0 aromatic rings. The second kappa shape index (κ2) is 6.49. The molecule has 30 heavy (non-hydrogen) atoms. The molecule has 0 radical (unpaired) electrons. The van der Waals surface area contributed by atoms with Gasteiger partial charge in [0.15, 0.2) is 0 Å². The van der Waals surface area contributed by atoms with Crippen LogP contribution in [0.5, 0.6) is 0 Å². The lowest BCUT2D eigenvalue weighted by Crippen LogP contribution is -2.65. The van der Waals surface area contributed by atoms with Gasteiger partial charge in [-0.1, -0.05) is 26.7 Å². The summed E-state index contributed by atoms with van der Waals surface area (Å²) >= 11 is 0. The van der Waals surface area contributed by atoms with Gasteiger partial charge < -0.3 is 10.6 Å². The summed E-state index contributed by atoms with van der Waals surface area (Å²) < 4.78 is 0. The molecule has 0 aromatic carbocycles. The minimum atomic E-state index is 0.541. The van der Waals surface area contributed by atoms with Gasteiger partial charge in [-0.2, -0.15) is 0 Å². The van der Waals surface area contributed by atoms with Crippen LogP contribution in [0, 0.1) is 46.3 Å². The van der Waals surface area contributed by atoms with Crippen LogP contribution in [0.15, 0.2) is 0 Å². The zero-order chi connectivity index (χ0) is 20.1. The maximum atomic E-state index is 4.50. The van der Waals surface area contributed by atoms with Gasteiger partial charge >= 0.3 is 0 Å². The molecule has 8 aliphatic rings. The van der Waals surface area contributed by atoms with Crippen LogP contribution in [0.3, 0.4) is 0 Å². The first-order valence-corrected chi connectivity index (χ1v) is 14.0. The Bertz CT molecular complexity index is 665. The van der Waals surface area contributed by atoms with Gasteiger partial charge in [0.25, 0.3) is 0 Å². The minimum absolute atomic E-state index is 0.541. The van der Waals surface area contributed by atoms with Gasteiger partial charge in [-0.15, -0.1) is 0 Å². The van der Waals surface area contributed by atoms with Crippen molar-refractivity contribution >= 4 is 0 Å². The Morgan fingerprint density at radius 2 is 1.43 bits per heavy atom. The summed E-state index contributed by atoms with van der Waals surface area (Å²) in [5, 5.41) is 8.62. The maximum Gasteiger partial charge on any atom is 0.0192 e. The van der Waals surface area contributed by atoms with Gasteiger partial charge in [0, 0.05) is 17.6 Å². The Hall–Kier alpha value is -0.0800. The first kappa shape index (κ1) is 19.4. The van der Waals surface area contributed by atoms with Crippen LogP contribution in [0.25, 0.3) is 0 Å². The van der Waals surface area contributed by atoms with Crippen LogP contribution in [0.2, 0.25) is 0 Å². The van der Waals surface area contributed by atoms with E-state index in [4.69, 9.17) is 0 Å². The Morgan fingerprint density at radius 3 is 2.17 bits per heavy atom. The smallest absolute Gasteiger partial charge is 0.0192 e. The van der Waals surface area contributed by atoms with Gasteiger partial charge in [0.1, 0.15) is 0 Å². The van der Waals surface area contributed by atoms with Crippen LogP contribution in [0.4, 0.5) is 0 Å². The molecule has 1 aliphatic heterocycles. The molecule has 4 bridgehead atoms. The maximum absolute atomic E-state index is 4.50. The number of nitrogens with one attached hydrogen (secondary N) is 2. The monoisotopic (exact) mass is 410 g/mol. The molecule has 7 aliphatic carbocycles. The van der Waals surface area contributed by atoms with Gasteiger partial charge in [-0.25, -0.2) is 0 Å². The van der Waals surface area contributed by atoms with E-state index in [1.165, 1.54) is 77.2 Å². The third kappa shape index (κ3) is 2.62. The molecule has 2 nitrogen and oxygen atoms in total. The van der Waals surface area contributed by atoms with Crippen molar-refractivity contribution in [1.82, 2.24) is 10.6 Å². The summed E-state index contributed by atoms with van der Waals surface area (Å²) in [6.07, 6.45) is 21.1. The largest absolute Gasteiger partial charge is 0.313 e. The fourth-order valence-electron chi connectivity index (χ4n) is 11.7. The number of hydrogen-bond donors (Lipinski definition) is 2. The van der Waals surface area contributed by atoms with Crippen LogP contribution < -0.4 is 10.6 Å². The predicted molar refractivity (Wildman–Crippen MR) is 123 cm³/mol. The molecule has 8 rings (SSSR count). The lowest BCUT2D eigenvalue weighted by atomic mass is 9.48. The van der Waals surface area contributed by atoms with E-state index in [2.05, 4.69) is 24.5 Å². The molecule has 1 saturated heterocycles. The summed E-state index contributed by atoms with van der Waals surface area (Å²) in [5.74, 6) is 6.11. The molecule has 2 N–H and O–H groups in total. The Balaban J connectivity index is 1.13. The standard InChI is InChI=1S/C28H46N2/c1-26-9-4-3-5-24(26)29-17-21-22-6-7-25(27(22,2)10-8-23(21)26)30-28-14-18-11-19(15-28)13-20(12-18)16-28/h18-25,29-30H,3-17H2,1-2H3/t18?,19?,20?,21?,22?,23?,24?,25?,26-,27+,28?/m1/s1. The molecular weight excluding hydrogens is 364 g/mol. The fourth-order valence-corrected chi connectivity index (χ4v) is 11.7. The Morgan fingerprint density at radius 1 is 0.733 bits per heavy atom. The first-order chi connectivity index (χ1) is 14.5. The highest BCUT2D eigenvalue weighted by Crippen LogP contribution is 2.63. The number of piperidine rings is 1. The van der Waals surface area contributed by atoms with Gasteiger partial charge in [0.05, 0.1) is 0 Å². The summed E-state index contributed by atoms with van der Waals surface area (Å²) in [7, 11) is 0. The van der Waals surface area contributed by atoms with E-state index in [-0.39, 0.29) is 0 Å². The second-order valence-corrected chi connectivity index (χ2v) is 14.1. The van der Waals surface area contributed by atoms with Crippen molar-refractivity contribution in [1.29, 1.82) is 0 Å². The molecule has 0 amide bonds. The minimum Gasteiger partial charge on any atom is -0.313 e. The van der Waals surface area contributed by atoms with E-state index in [1.54, 1.807) is 19.3 Å². The summed E-state index contributed by atoms with van der Waals surface area (Å²) in [5.41, 5.74) is 1.69. The Labute approximate surface area is 185 Å². The van der Waals surface area contributed by atoms with E-state index < -0.39 is 0 Å². The van der Waals surface area contributed by atoms with Crippen LogP contribution in [0.1, 0.15) is 104 Å². The molecular formula is C28H46N2. The molecule has 2 heteroatoms. The van der Waals surface area contributed by atoms with Crippen molar-refractivity contribution in [3.63, 3.8) is 0 Å². The van der Waals surface area contributed by atoms with E-state index in [1.807, 2.05) is 0 Å². The zero-order valence-corrected chi connectivity index (χ0v) is 19.7. The summed E-state index contributed by atoms with van der Waals surface area (Å²) in [6.45, 7) is 6.74. The Kier molecular flexibility index (Phi) is 4.20. The van der Waals surface area contributed by atoms with Crippen molar-refractivity contribution in [3.05, 3.63) is 0 Å². The van der Waals surface area contributed by atoms with Crippen molar-refractivity contribution in [2.45, 2.75) is 121 Å². The summed E-state index contributed by atoms with van der Waals surface area (Å²) in [6, 6.07) is 1.62. The molecule has 7 saturated carbocycles. The van der Waals surface area contributed by atoms with Crippen LogP contribution in [-0.2, 0) is 0 Å². The highest BCUT2D eigenvalue weighted by atomic mass is 15.1. The lowest BCUT2D eigenvalue weighted by molar-refractivity contribution is -0.0935. The van der Waals surface area contributed by atoms with Crippen molar-refractivity contribution in [2.75, 3.05) is 6.54 Å². The van der Waals surface area contributed by atoms with Crippen molar-refractivity contribution in [3.8, 4) is 0 Å². The number of hydrogen-bond acceptors (Lipinski definition) is 2. The molecule has 0 spiro atoms. The predicted octanol–water partition coefficient (Wildman–Crippen LogP) is 5.91. The molecule has 168 valence electrons. The molecule has 0 aromatic heterocycles. The average Bonchev–Trinajstić information content (AvgIpc) is 3.02. The number of fused-ring (bicyclic) bond motifs is 5. The van der Waals surface area contributed by atoms with Crippen LogP contribution >= 0.6 is 0 Å². The topological polar surface area (TPSA) is 24.1 Å². The number of rotatable bonds is 2. The van der Waals surface area contributed by atoms with Crippen LogP contribution in [-0.4, -0.2) is 24.2 Å². The molecule has 8 fully saturated rings. The first-order valence-electron chi connectivity index (χ1n) is 14.0. The highest BCUT2D eigenvalue weighted by Gasteiger charge is 2.61. The van der Waals surface area contributed by atoms with Gasteiger partial charge in [-0.3, -0.25) is 0 Å². The molecule has 5 unspecified atom stereocenters. The van der Waals surface area contributed by atoms with E-state index in [0.29, 0.717) is 16.4 Å². The third-order valence-corrected chi connectivity index (χ3v) is 12.7. The summed E-state index contributed by atoms with van der Waals surface area (Å²) in [4.78, 5) is 0. The van der Waals surface area contributed by atoms with Gasteiger partial charge in [-0.05, 0) is 130 Å². The van der Waals surface area contributed by atoms with Gasteiger partial charge in [0.2, 0.25) is 0 Å². The van der Waals surface area contributed by atoms with Crippen molar-refractivity contribution < 1.29 is 0 Å². The van der Waals surface area contributed by atoms with E-state index in [0.717, 1.165) is 47.6 Å². The third-order valence-electron chi connectivity index (χ3n) is 12.7. The zero-order valence-electron chi connectivity index (χ0n) is 19.7. The quantitative estimate of drug-likeness (QED) is 0.591. The lowest BCUT2D eigenvalue weighted by Gasteiger charge is -2.62.